The topological polar surface area (TPSA) is 108 Å². The molecule has 0 radical (unpaired) electrons. The minimum atomic E-state index is -4.41. The molecule has 0 aromatic heterocycles. The molecule has 484 valence electrons. The van der Waals surface area contributed by atoms with Gasteiger partial charge in [-0.25, -0.2) is 4.57 Å². The fourth-order valence-corrected chi connectivity index (χ4v) is 10.2. The summed E-state index contributed by atoms with van der Waals surface area (Å²) in [5, 5.41) is 0. The second-order valence-electron chi connectivity index (χ2n) is 24.2. The van der Waals surface area contributed by atoms with Crippen molar-refractivity contribution in [3.8, 4) is 0 Å². The van der Waals surface area contributed by atoms with Crippen LogP contribution in [0.1, 0.15) is 296 Å². The number of ether oxygens (including phenoxy) is 2. The zero-order valence-corrected chi connectivity index (χ0v) is 56.0. The number of esters is 2. The van der Waals surface area contributed by atoms with E-state index in [4.69, 9.17) is 18.5 Å². The van der Waals surface area contributed by atoms with Gasteiger partial charge in [-0.05, 0) is 96.3 Å². The SMILES string of the molecule is CC/C=C\C/C=C\C/C=C\C/C=C\C/C=C\C/C=C\C/C=C\CCCC(=O)OC(COC(=O)CCCCCCCCCCCCCCCCCCCCCCCCCCC/C=C\C/C=C\CCCCCCC)COP(=O)(O)OCC[N+](C)(C)C. The zero-order chi connectivity index (χ0) is 61.2. The van der Waals surface area contributed by atoms with E-state index in [1.54, 1.807) is 0 Å². The van der Waals surface area contributed by atoms with Crippen molar-refractivity contribution in [1.82, 2.24) is 0 Å². The van der Waals surface area contributed by atoms with Crippen LogP contribution in [0.25, 0.3) is 0 Å². The van der Waals surface area contributed by atoms with Gasteiger partial charge in [0.25, 0.3) is 0 Å². The van der Waals surface area contributed by atoms with Crippen LogP contribution >= 0.6 is 7.82 Å². The summed E-state index contributed by atoms with van der Waals surface area (Å²) in [4.78, 5) is 35.8. The number of phosphoric acid groups is 1. The average Bonchev–Trinajstić information content (AvgIpc) is 3.61. The molecular formula is C74H131NO8P+. The number of likely N-dealkylation sites (N-methyl/N-ethyl adjacent to an activating group) is 1. The summed E-state index contributed by atoms with van der Waals surface area (Å²) in [5.74, 6) is -0.863. The lowest BCUT2D eigenvalue weighted by atomic mass is 10.0. The van der Waals surface area contributed by atoms with Crippen LogP contribution in [0.5, 0.6) is 0 Å². The van der Waals surface area contributed by atoms with Crippen molar-refractivity contribution in [2.45, 2.75) is 302 Å². The maximum Gasteiger partial charge on any atom is 0.472 e. The fourth-order valence-electron chi connectivity index (χ4n) is 9.51. The predicted molar refractivity (Wildman–Crippen MR) is 362 cm³/mol. The first-order valence-electron chi connectivity index (χ1n) is 34.6. The van der Waals surface area contributed by atoms with Crippen molar-refractivity contribution in [3.05, 3.63) is 109 Å². The van der Waals surface area contributed by atoms with Gasteiger partial charge in [-0.15, -0.1) is 0 Å². The van der Waals surface area contributed by atoms with Gasteiger partial charge in [-0.3, -0.25) is 18.6 Å². The molecule has 0 aromatic rings. The largest absolute Gasteiger partial charge is 0.472 e. The van der Waals surface area contributed by atoms with Crippen LogP contribution in [-0.4, -0.2) is 74.9 Å². The molecule has 2 atom stereocenters. The maximum atomic E-state index is 12.8. The Bertz CT molecular complexity index is 1790. The Labute approximate surface area is 518 Å². The molecule has 0 heterocycles. The first-order valence-corrected chi connectivity index (χ1v) is 36.1. The van der Waals surface area contributed by atoms with Crippen molar-refractivity contribution >= 4 is 19.8 Å². The number of phosphoric ester groups is 1. The molecule has 1 N–H and O–H groups in total. The molecule has 0 aliphatic rings. The summed E-state index contributed by atoms with van der Waals surface area (Å²) in [6, 6.07) is 0. The highest BCUT2D eigenvalue weighted by atomic mass is 31.2. The van der Waals surface area contributed by atoms with Crippen molar-refractivity contribution < 1.29 is 42.1 Å². The molecule has 0 aliphatic carbocycles. The van der Waals surface area contributed by atoms with Gasteiger partial charge in [0.1, 0.15) is 19.8 Å². The van der Waals surface area contributed by atoms with E-state index in [1.807, 2.05) is 21.1 Å². The van der Waals surface area contributed by atoms with Gasteiger partial charge in [-0.1, -0.05) is 297 Å². The first kappa shape index (κ1) is 80.7. The quantitative estimate of drug-likeness (QED) is 0.0211. The van der Waals surface area contributed by atoms with Gasteiger partial charge < -0.3 is 18.9 Å². The van der Waals surface area contributed by atoms with Gasteiger partial charge >= 0.3 is 19.8 Å². The van der Waals surface area contributed by atoms with E-state index in [1.165, 1.54) is 186 Å². The van der Waals surface area contributed by atoms with Crippen molar-refractivity contribution in [1.29, 1.82) is 0 Å². The van der Waals surface area contributed by atoms with Crippen molar-refractivity contribution in [3.63, 3.8) is 0 Å². The van der Waals surface area contributed by atoms with Crippen molar-refractivity contribution in [2.75, 3.05) is 47.5 Å². The number of rotatable bonds is 63. The number of hydrogen-bond acceptors (Lipinski definition) is 7. The third kappa shape index (κ3) is 67.8. The minimum Gasteiger partial charge on any atom is -0.462 e. The molecule has 0 fully saturated rings. The number of nitrogens with zero attached hydrogens (tertiary/aromatic N) is 1. The number of hydrogen-bond donors (Lipinski definition) is 1. The van der Waals surface area contributed by atoms with E-state index in [0.29, 0.717) is 23.9 Å². The molecule has 0 bridgehead atoms. The number of carbonyl (C=O) groups excluding carboxylic acids is 2. The zero-order valence-electron chi connectivity index (χ0n) is 55.1. The van der Waals surface area contributed by atoms with Gasteiger partial charge in [0, 0.05) is 12.8 Å². The lowest BCUT2D eigenvalue weighted by Gasteiger charge is -2.24. The Morgan fingerprint density at radius 3 is 1.05 bits per heavy atom. The van der Waals surface area contributed by atoms with Crippen LogP contribution in [0.15, 0.2) is 109 Å². The van der Waals surface area contributed by atoms with E-state index < -0.39 is 26.5 Å². The Morgan fingerprint density at radius 1 is 0.381 bits per heavy atom. The molecule has 2 unspecified atom stereocenters. The lowest BCUT2D eigenvalue weighted by molar-refractivity contribution is -0.870. The summed E-state index contributed by atoms with van der Waals surface area (Å²) in [5.41, 5.74) is 0. The number of quaternary nitrogens is 1. The molecule has 0 saturated heterocycles. The number of unbranched alkanes of at least 4 members (excludes halogenated alkanes) is 31. The van der Waals surface area contributed by atoms with Gasteiger partial charge in [-0.2, -0.15) is 0 Å². The molecule has 0 aromatic carbocycles. The van der Waals surface area contributed by atoms with E-state index >= 15 is 0 Å². The van der Waals surface area contributed by atoms with Gasteiger partial charge in [0.15, 0.2) is 6.10 Å². The lowest BCUT2D eigenvalue weighted by Crippen LogP contribution is -2.37. The van der Waals surface area contributed by atoms with E-state index in [9.17, 15) is 19.0 Å². The highest BCUT2D eigenvalue weighted by molar-refractivity contribution is 7.47. The fraction of sp³-hybridized carbons (Fsp3) is 0.730. The predicted octanol–water partition coefficient (Wildman–Crippen LogP) is 22.5. The van der Waals surface area contributed by atoms with Crippen LogP contribution in [0.2, 0.25) is 0 Å². The van der Waals surface area contributed by atoms with Crippen LogP contribution < -0.4 is 0 Å². The third-order valence-corrected chi connectivity index (χ3v) is 15.8. The highest BCUT2D eigenvalue weighted by Crippen LogP contribution is 2.43. The minimum absolute atomic E-state index is 0.0166. The summed E-state index contributed by atoms with van der Waals surface area (Å²) >= 11 is 0. The molecule has 10 heteroatoms. The second-order valence-corrected chi connectivity index (χ2v) is 25.6. The average molecular weight is 1190 g/mol. The van der Waals surface area contributed by atoms with Crippen LogP contribution in [0.4, 0.5) is 0 Å². The molecule has 0 spiro atoms. The second kappa shape index (κ2) is 64.2. The van der Waals surface area contributed by atoms with Gasteiger partial charge in [0.2, 0.25) is 0 Å². The normalized spacial score (nSPS) is 13.8. The van der Waals surface area contributed by atoms with Crippen LogP contribution in [0.3, 0.4) is 0 Å². The van der Waals surface area contributed by atoms with Crippen LogP contribution in [-0.2, 0) is 32.7 Å². The smallest absolute Gasteiger partial charge is 0.462 e. The molecule has 0 aliphatic heterocycles. The molecule has 0 amide bonds. The number of carbonyl (C=O) groups is 2. The Balaban J connectivity index is 4.04. The summed E-state index contributed by atoms with van der Waals surface area (Å²) < 4.78 is 34.6. The molecule has 0 rings (SSSR count). The Kier molecular flexibility index (Phi) is 61.6. The third-order valence-electron chi connectivity index (χ3n) is 14.8. The van der Waals surface area contributed by atoms with E-state index in [-0.39, 0.29) is 32.0 Å². The molecule has 9 nitrogen and oxygen atoms in total. The monoisotopic (exact) mass is 1190 g/mol. The summed E-state index contributed by atoms with van der Waals surface area (Å²) in [6.45, 7) is 4.26. The maximum absolute atomic E-state index is 12.8. The molecule has 0 saturated carbocycles. The van der Waals surface area contributed by atoms with E-state index in [2.05, 4.69) is 123 Å². The highest BCUT2D eigenvalue weighted by Gasteiger charge is 2.27. The standard InChI is InChI=1S/C74H130NO8P/c1-6-8-10-12-14-16-18-20-22-24-26-28-30-31-32-33-34-35-36-37-38-39-40-41-42-43-45-46-48-50-52-54-56-58-60-62-64-66-73(76)80-70-72(71-82-84(78,79)81-69-68-75(3,4)5)83-74(77)67-65-63-61-59-57-55-53-51-49-47-44-29-27-25-23-21-19-17-15-13-11-9-7-2/h9,11,15,17-18,20-21,23-24,26-27,29,47,49,53,55,59,61,72H,6-8,10,12-14,16,19,22,25,28,30-46,48,50-52,54,56-58,60,62-71H2,1-5H3/p+1/b11-9-,17-15-,20-18-,23-21-,26-24-,29-27-,49-47-,55-53-,61-59-. The molecular weight excluding hydrogens is 1060 g/mol. The Morgan fingerprint density at radius 2 is 0.690 bits per heavy atom. The molecule has 84 heavy (non-hydrogen) atoms. The number of allylic oxidation sites excluding steroid dienone is 18. The van der Waals surface area contributed by atoms with E-state index in [0.717, 1.165) is 70.6 Å². The Hall–Kier alpha value is -3.33. The first-order chi connectivity index (χ1) is 41.0. The van der Waals surface area contributed by atoms with Crippen molar-refractivity contribution in [2.24, 2.45) is 0 Å². The summed E-state index contributed by atoms with van der Waals surface area (Å²) in [6.07, 6.45) is 90.8. The summed E-state index contributed by atoms with van der Waals surface area (Å²) in [7, 11) is 1.44. The van der Waals surface area contributed by atoms with Crippen LogP contribution in [0, 0.1) is 0 Å². The van der Waals surface area contributed by atoms with Gasteiger partial charge in [0.05, 0.1) is 27.7 Å².